The Morgan fingerprint density at radius 2 is 1.97 bits per heavy atom. The molecule has 3 heterocycles. The molecular formula is C24H35N7O2Si. The molecular weight excluding hydrogens is 446 g/mol. The first-order valence-corrected chi connectivity index (χ1v) is 15.5. The van der Waals surface area contributed by atoms with Crippen LogP contribution in [0.15, 0.2) is 12.4 Å². The lowest BCUT2D eigenvalue weighted by Gasteiger charge is -2.16. The molecule has 1 fully saturated rings. The van der Waals surface area contributed by atoms with Crippen LogP contribution in [0.1, 0.15) is 43.9 Å². The van der Waals surface area contributed by atoms with Crippen LogP contribution in [-0.4, -0.2) is 46.1 Å². The van der Waals surface area contributed by atoms with Crippen LogP contribution in [0.3, 0.4) is 0 Å². The van der Waals surface area contributed by atoms with E-state index in [0.29, 0.717) is 24.5 Å². The van der Waals surface area contributed by atoms with Crippen LogP contribution in [-0.2, 0) is 17.0 Å². The summed E-state index contributed by atoms with van der Waals surface area (Å²) in [7, 11) is 0.485. The molecule has 1 N–H and O–H groups in total. The van der Waals surface area contributed by atoms with Gasteiger partial charge in [-0.1, -0.05) is 19.6 Å². The zero-order chi connectivity index (χ0) is 24.7. The fourth-order valence-corrected chi connectivity index (χ4v) is 4.53. The van der Waals surface area contributed by atoms with Crippen LogP contribution in [0.2, 0.25) is 25.7 Å². The number of aromatic nitrogens is 5. The summed E-state index contributed by atoms with van der Waals surface area (Å²) in [6.07, 6.45) is 6.31. The predicted molar refractivity (Wildman–Crippen MR) is 135 cm³/mol. The van der Waals surface area contributed by atoms with Crippen LogP contribution >= 0.6 is 0 Å². The van der Waals surface area contributed by atoms with Crippen molar-refractivity contribution in [2.45, 2.75) is 77.5 Å². The molecule has 0 aliphatic heterocycles. The van der Waals surface area contributed by atoms with Gasteiger partial charge < -0.3 is 19.4 Å². The Morgan fingerprint density at radius 3 is 2.59 bits per heavy atom. The number of fused-ring (bicyclic) bond motifs is 1. The largest absolute Gasteiger partial charge is 0.480 e. The molecule has 0 saturated heterocycles. The Balaban J connectivity index is 1.67. The van der Waals surface area contributed by atoms with Gasteiger partial charge in [0, 0.05) is 20.9 Å². The topological polar surface area (TPSA) is 103 Å². The summed E-state index contributed by atoms with van der Waals surface area (Å²) in [6.45, 7) is 13.8. The number of nitriles is 1. The third kappa shape index (κ3) is 5.10. The summed E-state index contributed by atoms with van der Waals surface area (Å²) >= 11 is 0. The Bertz CT molecular complexity index is 1230. The Kier molecular flexibility index (Phi) is 6.44. The van der Waals surface area contributed by atoms with Gasteiger partial charge in [-0.15, -0.1) is 0 Å². The molecule has 0 aromatic carbocycles. The minimum atomic E-state index is -1.16. The number of anilines is 2. The number of hydrogen-bond acceptors (Lipinski definition) is 7. The van der Waals surface area contributed by atoms with Crippen LogP contribution in [0.25, 0.3) is 11.0 Å². The average molecular weight is 482 g/mol. The Hall–Kier alpha value is -2.90. The van der Waals surface area contributed by atoms with Crippen molar-refractivity contribution in [1.29, 1.82) is 5.26 Å². The molecule has 1 aliphatic carbocycles. The van der Waals surface area contributed by atoms with Crippen LogP contribution in [0.4, 0.5) is 11.6 Å². The quantitative estimate of drug-likeness (QED) is 0.316. The maximum Gasteiger partial charge on any atom is 0.232 e. The minimum absolute atomic E-state index is 0.422. The molecule has 1 saturated carbocycles. The van der Waals surface area contributed by atoms with Gasteiger partial charge in [0.1, 0.15) is 12.3 Å². The zero-order valence-electron chi connectivity index (χ0n) is 21.3. The van der Waals surface area contributed by atoms with Gasteiger partial charge in [0.25, 0.3) is 0 Å². The number of hydrogen-bond donors (Lipinski definition) is 1. The summed E-state index contributed by atoms with van der Waals surface area (Å²) in [4.78, 5) is 9.52. The molecule has 3 aromatic rings. The van der Waals surface area contributed by atoms with Crippen molar-refractivity contribution < 1.29 is 9.47 Å². The maximum absolute atomic E-state index is 9.45. The first-order chi connectivity index (χ1) is 16.0. The molecule has 0 radical (unpaired) electrons. The van der Waals surface area contributed by atoms with Crippen molar-refractivity contribution in [3.63, 3.8) is 0 Å². The third-order valence-electron chi connectivity index (χ3n) is 6.14. The number of rotatable bonds is 10. The van der Waals surface area contributed by atoms with Crippen molar-refractivity contribution in [2.24, 2.45) is 0 Å². The van der Waals surface area contributed by atoms with E-state index >= 15 is 0 Å². The predicted octanol–water partition coefficient (Wildman–Crippen LogP) is 5.14. The third-order valence-corrected chi connectivity index (χ3v) is 7.85. The van der Waals surface area contributed by atoms with Crippen LogP contribution in [0.5, 0.6) is 5.88 Å². The fraction of sp³-hybridized carbons (Fsp3) is 0.583. The van der Waals surface area contributed by atoms with E-state index in [9.17, 15) is 5.26 Å². The first kappa shape index (κ1) is 24.2. The average Bonchev–Trinajstić information content (AvgIpc) is 3.46. The minimum Gasteiger partial charge on any atom is -0.480 e. The number of aryl methyl sites for hydroxylation is 1. The highest BCUT2D eigenvalue weighted by Gasteiger charge is 2.30. The Labute approximate surface area is 202 Å². The molecule has 0 amide bonds. The molecule has 4 rings (SSSR count). The van der Waals surface area contributed by atoms with Crippen molar-refractivity contribution in [1.82, 2.24) is 24.3 Å². The van der Waals surface area contributed by atoms with Crippen molar-refractivity contribution >= 4 is 30.7 Å². The molecule has 182 valence electrons. The van der Waals surface area contributed by atoms with E-state index in [0.717, 1.165) is 35.1 Å². The van der Waals surface area contributed by atoms with Gasteiger partial charge in [0.15, 0.2) is 5.65 Å². The second-order valence-electron chi connectivity index (χ2n) is 10.8. The second-order valence-corrected chi connectivity index (χ2v) is 16.4. The number of ether oxygens (including phenoxy) is 2. The molecule has 0 spiro atoms. The van der Waals surface area contributed by atoms with E-state index in [4.69, 9.17) is 14.5 Å². The van der Waals surface area contributed by atoms with Crippen LogP contribution < -0.4 is 10.1 Å². The molecule has 3 aromatic heterocycles. The van der Waals surface area contributed by atoms with E-state index in [1.54, 1.807) is 11.8 Å². The van der Waals surface area contributed by atoms with E-state index in [2.05, 4.69) is 51.9 Å². The standard InChI is InChI=1S/C24H35N7O2Si/c1-16-19(13-31(29-16)24(2,3)14-25)26-23-27-21-20(22(28-23)32-4)18(17-8-9-17)12-30(21)15-33-10-11-34(5,6)7/h12-13,17H,8-11,15H2,1-7H3,(H,26,27,28). The maximum atomic E-state index is 9.45. The van der Waals surface area contributed by atoms with Crippen molar-refractivity contribution in [3.05, 3.63) is 23.7 Å². The molecule has 9 nitrogen and oxygen atoms in total. The van der Waals surface area contributed by atoms with Gasteiger partial charge in [-0.05, 0) is 51.1 Å². The number of nitrogens with zero attached hydrogens (tertiary/aromatic N) is 6. The lowest BCUT2D eigenvalue weighted by molar-refractivity contribution is 0.0898. The fourth-order valence-electron chi connectivity index (χ4n) is 3.77. The van der Waals surface area contributed by atoms with E-state index < -0.39 is 13.6 Å². The summed E-state index contributed by atoms with van der Waals surface area (Å²) in [5.74, 6) is 1.50. The number of methoxy groups -OCH3 is 1. The summed E-state index contributed by atoms with van der Waals surface area (Å²) < 4.78 is 15.5. The summed E-state index contributed by atoms with van der Waals surface area (Å²) in [5.41, 5.74) is 2.78. The van der Waals surface area contributed by atoms with Crippen LogP contribution in [0, 0.1) is 18.3 Å². The van der Waals surface area contributed by atoms with E-state index in [1.165, 1.54) is 18.4 Å². The normalized spacial score (nSPS) is 14.4. The summed E-state index contributed by atoms with van der Waals surface area (Å²) in [5, 5.41) is 18.2. The monoisotopic (exact) mass is 481 g/mol. The van der Waals surface area contributed by atoms with Crippen molar-refractivity contribution in [3.8, 4) is 11.9 Å². The second kappa shape index (κ2) is 9.04. The van der Waals surface area contributed by atoms with E-state index in [1.807, 2.05) is 27.0 Å². The first-order valence-electron chi connectivity index (χ1n) is 11.8. The lowest BCUT2D eigenvalue weighted by atomic mass is 10.1. The molecule has 0 atom stereocenters. The SMILES string of the molecule is COc1nc(Nc2cn(C(C)(C)C#N)nc2C)nc2c1c(C1CC1)cn2COCC[Si](C)(C)C. The molecule has 0 unspecified atom stereocenters. The lowest BCUT2D eigenvalue weighted by Crippen LogP contribution is -2.24. The zero-order valence-corrected chi connectivity index (χ0v) is 22.3. The highest BCUT2D eigenvalue weighted by molar-refractivity contribution is 6.76. The van der Waals surface area contributed by atoms with Gasteiger partial charge in [0.2, 0.25) is 11.8 Å². The molecule has 10 heteroatoms. The number of nitrogens with one attached hydrogen (secondary N) is 1. The highest BCUT2D eigenvalue weighted by atomic mass is 28.3. The van der Waals surface area contributed by atoms with Gasteiger partial charge in [0.05, 0.1) is 36.1 Å². The van der Waals surface area contributed by atoms with E-state index in [-0.39, 0.29) is 0 Å². The van der Waals surface area contributed by atoms with Gasteiger partial charge >= 0.3 is 0 Å². The Morgan fingerprint density at radius 1 is 1.24 bits per heavy atom. The molecule has 1 aliphatic rings. The van der Waals surface area contributed by atoms with Gasteiger partial charge in [-0.2, -0.15) is 20.3 Å². The van der Waals surface area contributed by atoms with Gasteiger partial charge in [-0.3, -0.25) is 4.68 Å². The van der Waals surface area contributed by atoms with Crippen molar-refractivity contribution in [2.75, 3.05) is 19.0 Å². The molecule has 34 heavy (non-hydrogen) atoms. The van der Waals surface area contributed by atoms with Gasteiger partial charge in [-0.25, -0.2) is 0 Å². The summed E-state index contributed by atoms with van der Waals surface area (Å²) in [6, 6.07) is 3.39. The highest BCUT2D eigenvalue weighted by Crippen LogP contribution is 2.46. The molecule has 0 bridgehead atoms. The smallest absolute Gasteiger partial charge is 0.232 e.